The molecule has 0 bridgehead atoms. The van der Waals surface area contributed by atoms with E-state index in [-0.39, 0.29) is 12.4 Å². The molecule has 4 heteroatoms. The summed E-state index contributed by atoms with van der Waals surface area (Å²) < 4.78 is 24.3. The third-order valence-electron chi connectivity index (χ3n) is 2.65. The zero-order chi connectivity index (χ0) is 13.7. The zero-order valence-electron chi connectivity index (χ0n) is 10.6. The summed E-state index contributed by atoms with van der Waals surface area (Å²) in [6.07, 6.45) is 0. The predicted octanol–water partition coefficient (Wildman–Crippen LogP) is 3.26. The Kier molecular flexibility index (Phi) is 4.49. The van der Waals surface area contributed by atoms with Gasteiger partial charge in [0.15, 0.2) is 11.6 Å². The minimum Gasteiger partial charge on any atom is -0.454 e. The van der Waals surface area contributed by atoms with E-state index in [0.29, 0.717) is 17.9 Å². The first kappa shape index (κ1) is 13.5. The second-order valence-corrected chi connectivity index (χ2v) is 4.07. The van der Waals surface area contributed by atoms with Gasteiger partial charge in [-0.2, -0.15) is 0 Å². The highest BCUT2D eigenvalue weighted by Gasteiger charge is 2.10. The van der Waals surface area contributed by atoms with E-state index < -0.39 is 5.82 Å². The van der Waals surface area contributed by atoms with Crippen molar-refractivity contribution in [3.8, 4) is 11.5 Å². The molecule has 19 heavy (non-hydrogen) atoms. The van der Waals surface area contributed by atoms with Gasteiger partial charge >= 0.3 is 0 Å². The number of methoxy groups -OCH3 is 1. The summed E-state index contributed by atoms with van der Waals surface area (Å²) in [5.41, 5.74) is 1.35. The van der Waals surface area contributed by atoms with Crippen molar-refractivity contribution < 1.29 is 19.0 Å². The Morgan fingerprint density at radius 2 is 1.95 bits per heavy atom. The van der Waals surface area contributed by atoms with Gasteiger partial charge in [0.05, 0.1) is 13.2 Å². The third kappa shape index (κ3) is 3.30. The largest absolute Gasteiger partial charge is 0.454 e. The van der Waals surface area contributed by atoms with Crippen LogP contribution in [0.1, 0.15) is 11.1 Å². The minimum atomic E-state index is -0.497. The average molecular weight is 262 g/mol. The maximum absolute atomic E-state index is 13.7. The van der Waals surface area contributed by atoms with E-state index >= 15 is 0 Å². The predicted molar refractivity (Wildman–Crippen MR) is 69.6 cm³/mol. The molecule has 0 heterocycles. The van der Waals surface area contributed by atoms with E-state index in [0.717, 1.165) is 5.56 Å². The van der Waals surface area contributed by atoms with Crippen LogP contribution in [0.25, 0.3) is 0 Å². The Morgan fingerprint density at radius 3 is 2.68 bits per heavy atom. The van der Waals surface area contributed by atoms with E-state index in [9.17, 15) is 9.50 Å². The topological polar surface area (TPSA) is 38.7 Å². The normalized spacial score (nSPS) is 10.5. The number of halogens is 1. The van der Waals surface area contributed by atoms with Crippen molar-refractivity contribution in [3.63, 3.8) is 0 Å². The lowest BCUT2D eigenvalue weighted by Crippen LogP contribution is -1.96. The van der Waals surface area contributed by atoms with Gasteiger partial charge in [-0.25, -0.2) is 4.39 Å². The first-order chi connectivity index (χ1) is 9.24. The molecule has 0 aliphatic heterocycles. The molecule has 0 unspecified atom stereocenters. The number of ether oxygens (including phenoxy) is 2. The molecule has 0 saturated heterocycles. The molecule has 100 valence electrons. The van der Waals surface area contributed by atoms with Gasteiger partial charge in [0.25, 0.3) is 0 Å². The van der Waals surface area contributed by atoms with Crippen molar-refractivity contribution in [2.75, 3.05) is 7.11 Å². The van der Waals surface area contributed by atoms with Crippen molar-refractivity contribution in [2.24, 2.45) is 0 Å². The van der Waals surface area contributed by atoms with Gasteiger partial charge in [-0.05, 0) is 23.8 Å². The Hall–Kier alpha value is -1.91. The van der Waals surface area contributed by atoms with Crippen molar-refractivity contribution in [1.82, 2.24) is 0 Å². The molecule has 0 spiro atoms. The van der Waals surface area contributed by atoms with Crippen molar-refractivity contribution in [1.29, 1.82) is 0 Å². The quantitative estimate of drug-likeness (QED) is 0.898. The molecule has 0 amide bonds. The van der Waals surface area contributed by atoms with E-state index in [1.54, 1.807) is 25.3 Å². The smallest absolute Gasteiger partial charge is 0.168 e. The molecule has 0 saturated carbocycles. The lowest BCUT2D eigenvalue weighted by molar-refractivity contribution is 0.184. The number of rotatable bonds is 5. The van der Waals surface area contributed by atoms with Crippen LogP contribution < -0.4 is 4.74 Å². The molecule has 1 N–H and O–H groups in total. The highest BCUT2D eigenvalue weighted by molar-refractivity contribution is 5.39. The van der Waals surface area contributed by atoms with Gasteiger partial charge in [0.2, 0.25) is 0 Å². The van der Waals surface area contributed by atoms with Crippen LogP contribution in [-0.4, -0.2) is 12.2 Å². The summed E-state index contributed by atoms with van der Waals surface area (Å²) in [4.78, 5) is 0. The number of aliphatic hydroxyl groups is 1. The number of hydrogen-bond donors (Lipinski definition) is 1. The van der Waals surface area contributed by atoms with Crippen LogP contribution in [-0.2, 0) is 18.0 Å². The molecule has 2 aromatic rings. The van der Waals surface area contributed by atoms with Gasteiger partial charge in [0, 0.05) is 12.7 Å². The summed E-state index contributed by atoms with van der Waals surface area (Å²) in [5, 5.41) is 9.19. The standard InChI is InChI=1S/C15H15FO3/c1-18-10-11-4-2-6-13(8-11)19-15-12(9-17)5-3-7-14(15)16/h2-8,17H,9-10H2,1H3. The molecule has 2 aromatic carbocycles. The molecule has 0 fully saturated rings. The monoisotopic (exact) mass is 262 g/mol. The first-order valence-corrected chi connectivity index (χ1v) is 5.88. The summed E-state index contributed by atoms with van der Waals surface area (Å²) in [6, 6.07) is 11.7. The van der Waals surface area contributed by atoms with Gasteiger partial charge in [0.1, 0.15) is 5.75 Å². The summed E-state index contributed by atoms with van der Waals surface area (Å²) in [7, 11) is 1.61. The lowest BCUT2D eigenvalue weighted by atomic mass is 10.2. The highest BCUT2D eigenvalue weighted by atomic mass is 19.1. The van der Waals surface area contributed by atoms with Gasteiger partial charge in [-0.3, -0.25) is 0 Å². The first-order valence-electron chi connectivity index (χ1n) is 5.88. The molecule has 0 aliphatic carbocycles. The molecule has 3 nitrogen and oxygen atoms in total. The second kappa shape index (κ2) is 6.31. The number of hydrogen-bond acceptors (Lipinski definition) is 3. The van der Waals surface area contributed by atoms with Crippen LogP contribution >= 0.6 is 0 Å². The minimum absolute atomic E-state index is 0.0552. The lowest BCUT2D eigenvalue weighted by Gasteiger charge is -2.11. The van der Waals surface area contributed by atoms with Gasteiger partial charge in [-0.1, -0.05) is 24.3 Å². The van der Waals surface area contributed by atoms with E-state index in [1.165, 1.54) is 12.1 Å². The van der Waals surface area contributed by atoms with Crippen LogP contribution in [0.4, 0.5) is 4.39 Å². The van der Waals surface area contributed by atoms with Crippen molar-refractivity contribution in [2.45, 2.75) is 13.2 Å². The summed E-state index contributed by atoms with van der Waals surface area (Å²) in [6.45, 7) is 0.187. The second-order valence-electron chi connectivity index (χ2n) is 4.07. The molecule has 0 radical (unpaired) electrons. The molecule has 0 aliphatic rings. The maximum Gasteiger partial charge on any atom is 0.168 e. The maximum atomic E-state index is 13.7. The van der Waals surface area contributed by atoms with Crippen molar-refractivity contribution >= 4 is 0 Å². The Labute approximate surface area is 111 Å². The van der Waals surface area contributed by atoms with Crippen LogP contribution in [0, 0.1) is 5.82 Å². The summed E-state index contributed by atoms with van der Waals surface area (Å²) in [5.74, 6) is 0.0672. The van der Waals surface area contributed by atoms with Crippen molar-refractivity contribution in [3.05, 3.63) is 59.4 Å². The third-order valence-corrected chi connectivity index (χ3v) is 2.65. The average Bonchev–Trinajstić information content (AvgIpc) is 2.42. The highest BCUT2D eigenvalue weighted by Crippen LogP contribution is 2.29. The van der Waals surface area contributed by atoms with Crippen LogP contribution in [0.3, 0.4) is 0 Å². The summed E-state index contributed by atoms with van der Waals surface area (Å²) >= 11 is 0. The van der Waals surface area contributed by atoms with E-state index in [4.69, 9.17) is 9.47 Å². The SMILES string of the molecule is COCc1cccc(Oc2c(F)cccc2CO)c1. The Bertz CT molecular complexity index is 555. The zero-order valence-corrected chi connectivity index (χ0v) is 10.6. The van der Waals surface area contributed by atoms with E-state index in [1.807, 2.05) is 12.1 Å². The Balaban J connectivity index is 2.28. The van der Waals surface area contributed by atoms with Gasteiger partial charge < -0.3 is 14.6 Å². The molecular weight excluding hydrogens is 247 g/mol. The fourth-order valence-electron chi connectivity index (χ4n) is 1.78. The number of benzene rings is 2. The molecule has 2 rings (SSSR count). The van der Waals surface area contributed by atoms with Crippen LogP contribution in [0.2, 0.25) is 0 Å². The molecule has 0 atom stereocenters. The number of aliphatic hydroxyl groups excluding tert-OH is 1. The Morgan fingerprint density at radius 1 is 1.16 bits per heavy atom. The molecular formula is C15H15FO3. The fourth-order valence-corrected chi connectivity index (χ4v) is 1.78. The van der Waals surface area contributed by atoms with Crippen LogP contribution in [0.15, 0.2) is 42.5 Å². The number of para-hydroxylation sites is 1. The van der Waals surface area contributed by atoms with Crippen LogP contribution in [0.5, 0.6) is 11.5 Å². The fraction of sp³-hybridized carbons (Fsp3) is 0.200. The van der Waals surface area contributed by atoms with Gasteiger partial charge in [-0.15, -0.1) is 0 Å². The molecule has 0 aromatic heterocycles. The van der Waals surface area contributed by atoms with E-state index in [2.05, 4.69) is 0 Å².